The Bertz CT molecular complexity index is 989. The first-order valence-electron chi connectivity index (χ1n) is 7.39. The van der Waals surface area contributed by atoms with Crippen LogP contribution in [0.1, 0.15) is 21.5 Å². The van der Waals surface area contributed by atoms with Crippen molar-refractivity contribution in [2.24, 2.45) is 0 Å². The topological polar surface area (TPSA) is 56.0 Å². The van der Waals surface area contributed by atoms with Gasteiger partial charge in [-0.15, -0.1) is 0 Å². The van der Waals surface area contributed by atoms with Crippen molar-refractivity contribution in [3.05, 3.63) is 82.0 Å². The monoisotopic (exact) mass is 358 g/mol. The Hall–Kier alpha value is -2.79. The number of pyridine rings is 1. The lowest BCUT2D eigenvalue weighted by atomic mass is 9.97. The molecular weight excluding hydrogens is 346 g/mol. The van der Waals surface area contributed by atoms with Crippen molar-refractivity contribution >= 4 is 23.1 Å². The molecule has 0 bridgehead atoms. The van der Waals surface area contributed by atoms with Crippen LogP contribution in [0.2, 0.25) is 5.02 Å². The van der Waals surface area contributed by atoms with E-state index in [-0.39, 0.29) is 16.8 Å². The predicted molar refractivity (Wildman–Crippen MR) is 93.6 cm³/mol. The molecule has 2 aromatic carbocycles. The summed E-state index contributed by atoms with van der Waals surface area (Å²) < 4.78 is 27.0. The third kappa shape index (κ3) is 3.23. The number of anilines is 1. The van der Waals surface area contributed by atoms with E-state index in [1.54, 1.807) is 18.2 Å². The van der Waals surface area contributed by atoms with Crippen LogP contribution in [0.5, 0.6) is 0 Å². The van der Waals surface area contributed by atoms with E-state index in [4.69, 9.17) is 17.3 Å². The molecule has 0 aliphatic carbocycles. The minimum absolute atomic E-state index is 0.102. The van der Waals surface area contributed by atoms with Crippen molar-refractivity contribution in [2.75, 3.05) is 5.73 Å². The van der Waals surface area contributed by atoms with Crippen LogP contribution >= 0.6 is 11.6 Å². The largest absolute Gasteiger partial charge is 0.396 e. The van der Waals surface area contributed by atoms with Crippen LogP contribution in [0.3, 0.4) is 0 Å². The fourth-order valence-corrected chi connectivity index (χ4v) is 2.82. The molecule has 1 heterocycles. The van der Waals surface area contributed by atoms with Gasteiger partial charge in [0.25, 0.3) is 0 Å². The number of benzene rings is 2. The number of hydrogen-bond acceptors (Lipinski definition) is 3. The highest BCUT2D eigenvalue weighted by Gasteiger charge is 2.20. The summed E-state index contributed by atoms with van der Waals surface area (Å²) in [6, 6.07) is 9.40. The number of halogens is 3. The molecule has 0 unspecified atom stereocenters. The summed E-state index contributed by atoms with van der Waals surface area (Å²) in [5, 5.41) is 0.570. The van der Waals surface area contributed by atoms with Crippen molar-refractivity contribution in [3.8, 4) is 11.3 Å². The maximum absolute atomic E-state index is 13.9. The Morgan fingerprint density at radius 1 is 1.08 bits per heavy atom. The molecule has 25 heavy (non-hydrogen) atoms. The van der Waals surface area contributed by atoms with Crippen LogP contribution in [0.25, 0.3) is 11.3 Å². The van der Waals surface area contributed by atoms with Crippen LogP contribution in [-0.4, -0.2) is 10.8 Å². The maximum atomic E-state index is 13.9. The normalized spacial score (nSPS) is 10.7. The molecule has 6 heteroatoms. The van der Waals surface area contributed by atoms with Crippen LogP contribution < -0.4 is 5.73 Å². The molecule has 0 aliphatic rings. The summed E-state index contributed by atoms with van der Waals surface area (Å²) in [5.74, 6) is -2.33. The van der Waals surface area contributed by atoms with Gasteiger partial charge in [0.05, 0.1) is 16.9 Å². The molecule has 0 radical (unpaired) electrons. The highest BCUT2D eigenvalue weighted by atomic mass is 35.5. The predicted octanol–water partition coefficient (Wildman–Crippen LogP) is 4.80. The summed E-state index contributed by atoms with van der Waals surface area (Å²) in [6.07, 6.45) is 1.43. The standard InChI is InChI=1S/C19H13ClF2N2O/c1-10-8-11(20)2-4-13(10)18-17(23)15(6-7-24-18)19(25)14-5-3-12(21)9-16(14)22/h2-9H,23H2,1H3. The fraction of sp³-hybridized carbons (Fsp3) is 0.0526. The Morgan fingerprint density at radius 3 is 2.52 bits per heavy atom. The van der Waals surface area contributed by atoms with Crippen LogP contribution in [0, 0.1) is 18.6 Å². The summed E-state index contributed by atoms with van der Waals surface area (Å²) >= 11 is 5.96. The van der Waals surface area contributed by atoms with Crippen molar-refractivity contribution in [1.29, 1.82) is 0 Å². The van der Waals surface area contributed by atoms with Gasteiger partial charge in [-0.2, -0.15) is 0 Å². The molecule has 0 atom stereocenters. The lowest BCUT2D eigenvalue weighted by molar-refractivity contribution is 0.103. The van der Waals surface area contributed by atoms with Crippen molar-refractivity contribution in [3.63, 3.8) is 0 Å². The first kappa shape index (κ1) is 17.0. The lowest BCUT2D eigenvalue weighted by Crippen LogP contribution is -2.09. The minimum atomic E-state index is -0.939. The molecule has 1 aromatic heterocycles. The average Bonchev–Trinajstić information content (AvgIpc) is 2.55. The number of carbonyl (C=O) groups excluding carboxylic acids is 1. The lowest BCUT2D eigenvalue weighted by Gasteiger charge is -2.12. The molecular formula is C19H13ClF2N2O. The number of ketones is 1. The molecule has 2 N–H and O–H groups in total. The molecule has 126 valence electrons. The van der Waals surface area contributed by atoms with E-state index in [0.29, 0.717) is 16.8 Å². The zero-order valence-corrected chi connectivity index (χ0v) is 13.9. The summed E-state index contributed by atoms with van der Waals surface area (Å²) in [5.41, 5.74) is 8.07. The van der Waals surface area contributed by atoms with E-state index in [2.05, 4.69) is 4.98 Å². The second-order valence-corrected chi connectivity index (χ2v) is 5.97. The molecule has 0 amide bonds. The molecule has 3 rings (SSSR count). The van der Waals surface area contributed by atoms with Crippen LogP contribution in [0.4, 0.5) is 14.5 Å². The Labute approximate surface area is 148 Å². The van der Waals surface area contributed by atoms with Crippen LogP contribution in [-0.2, 0) is 0 Å². The van der Waals surface area contributed by atoms with E-state index < -0.39 is 17.4 Å². The number of aromatic nitrogens is 1. The highest BCUT2D eigenvalue weighted by Crippen LogP contribution is 2.31. The van der Waals surface area contributed by atoms with Gasteiger partial charge in [-0.1, -0.05) is 17.7 Å². The number of rotatable bonds is 3. The third-order valence-corrected chi connectivity index (χ3v) is 4.09. The highest BCUT2D eigenvalue weighted by molar-refractivity contribution is 6.30. The quantitative estimate of drug-likeness (QED) is 0.684. The summed E-state index contributed by atoms with van der Waals surface area (Å²) in [6.45, 7) is 1.84. The van der Waals surface area contributed by atoms with Crippen LogP contribution in [0.15, 0.2) is 48.7 Å². The van der Waals surface area contributed by atoms with E-state index in [0.717, 1.165) is 23.3 Å². The molecule has 0 spiro atoms. The average molecular weight is 359 g/mol. The number of nitrogens with two attached hydrogens (primary N) is 1. The minimum Gasteiger partial charge on any atom is -0.396 e. The molecule has 3 aromatic rings. The summed E-state index contributed by atoms with van der Waals surface area (Å²) in [7, 11) is 0. The smallest absolute Gasteiger partial charge is 0.198 e. The van der Waals surface area contributed by atoms with E-state index >= 15 is 0 Å². The Morgan fingerprint density at radius 2 is 1.84 bits per heavy atom. The third-order valence-electron chi connectivity index (χ3n) is 3.85. The molecule has 0 fully saturated rings. The van der Waals surface area contributed by atoms with Gasteiger partial charge >= 0.3 is 0 Å². The van der Waals surface area contributed by atoms with Gasteiger partial charge in [0.2, 0.25) is 0 Å². The number of hydrogen-bond donors (Lipinski definition) is 1. The Balaban J connectivity index is 2.11. The van der Waals surface area contributed by atoms with Gasteiger partial charge in [-0.3, -0.25) is 9.78 Å². The molecule has 0 saturated heterocycles. The van der Waals surface area contributed by atoms with Gasteiger partial charge in [-0.05, 0) is 42.8 Å². The van der Waals surface area contributed by atoms with Crippen molar-refractivity contribution in [1.82, 2.24) is 4.98 Å². The number of aryl methyl sites for hydroxylation is 1. The van der Waals surface area contributed by atoms with Crippen molar-refractivity contribution in [2.45, 2.75) is 6.92 Å². The molecule has 0 aliphatic heterocycles. The fourth-order valence-electron chi connectivity index (χ4n) is 2.60. The number of carbonyl (C=O) groups is 1. The second kappa shape index (κ2) is 6.61. The van der Waals surface area contributed by atoms with Crippen molar-refractivity contribution < 1.29 is 13.6 Å². The molecule has 3 nitrogen and oxygen atoms in total. The second-order valence-electron chi connectivity index (χ2n) is 5.53. The number of nitrogens with zero attached hydrogens (tertiary/aromatic N) is 1. The molecule has 0 saturated carbocycles. The van der Waals surface area contributed by atoms with Gasteiger partial charge in [0, 0.05) is 28.4 Å². The van der Waals surface area contributed by atoms with Gasteiger partial charge < -0.3 is 5.73 Å². The Kier molecular flexibility index (Phi) is 4.51. The zero-order valence-electron chi connectivity index (χ0n) is 13.2. The number of nitrogen functional groups attached to an aromatic ring is 1. The first-order valence-corrected chi connectivity index (χ1v) is 7.77. The zero-order chi connectivity index (χ0) is 18.1. The van der Waals surface area contributed by atoms with Gasteiger partial charge in [0.1, 0.15) is 11.6 Å². The first-order chi connectivity index (χ1) is 11.9. The van der Waals surface area contributed by atoms with E-state index in [1.807, 2.05) is 6.92 Å². The van der Waals surface area contributed by atoms with E-state index in [1.165, 1.54) is 12.3 Å². The maximum Gasteiger partial charge on any atom is 0.198 e. The van der Waals surface area contributed by atoms with E-state index in [9.17, 15) is 13.6 Å². The van der Waals surface area contributed by atoms with Gasteiger partial charge in [-0.25, -0.2) is 8.78 Å². The SMILES string of the molecule is Cc1cc(Cl)ccc1-c1nccc(C(=O)c2ccc(F)cc2F)c1N. The summed E-state index contributed by atoms with van der Waals surface area (Å²) in [4.78, 5) is 16.9. The van der Waals surface area contributed by atoms with Gasteiger partial charge in [0.15, 0.2) is 5.78 Å².